The summed E-state index contributed by atoms with van der Waals surface area (Å²) in [6.07, 6.45) is -5.14. The van der Waals surface area contributed by atoms with Gasteiger partial charge in [0.1, 0.15) is 0 Å². The summed E-state index contributed by atoms with van der Waals surface area (Å²) in [6, 6.07) is 0. The Morgan fingerprint density at radius 1 is 1.21 bits per heavy atom. The second-order valence-corrected chi connectivity index (χ2v) is 3.61. The summed E-state index contributed by atoms with van der Waals surface area (Å²) >= 11 is 13.9. The third-order valence-electron chi connectivity index (χ3n) is 0.932. The number of rotatable bonds is 3. The van der Waals surface area contributed by atoms with E-state index in [2.05, 4.69) is 16.8 Å². The van der Waals surface area contributed by atoms with E-state index in [1.54, 1.807) is 0 Å². The van der Waals surface area contributed by atoms with Gasteiger partial charge in [0.15, 0.2) is 0 Å². The molecule has 0 saturated heterocycles. The molecule has 0 spiro atoms. The van der Waals surface area contributed by atoms with Crippen molar-refractivity contribution in [3.63, 3.8) is 0 Å². The zero-order chi connectivity index (χ0) is 11.8. The van der Waals surface area contributed by atoms with Crippen molar-refractivity contribution >= 4 is 35.6 Å². The average molecular weight is 280 g/mol. The summed E-state index contributed by atoms with van der Waals surface area (Å²) in [6.45, 7) is -0.179. The molecule has 0 amide bonds. The van der Waals surface area contributed by atoms with Gasteiger partial charge in [0.2, 0.25) is 4.33 Å². The van der Waals surface area contributed by atoms with Crippen LogP contribution >= 0.6 is 23.2 Å². The Bertz CT molecular complexity index is 166. The third kappa shape index (κ3) is 7.60. The van der Waals surface area contributed by atoms with Crippen molar-refractivity contribution in [2.75, 3.05) is 6.54 Å². The molecule has 0 rings (SSSR count). The zero-order valence-corrected chi connectivity index (χ0v) is 8.65. The maximum absolute atomic E-state index is 11.8. The van der Waals surface area contributed by atoms with E-state index in [0.29, 0.717) is 0 Å². The maximum Gasteiger partial charge on any atom is 0.421 e. The minimum Gasteiger partial charge on any atom is -0.219 e. The van der Waals surface area contributed by atoms with Crippen LogP contribution in [0.15, 0.2) is 4.36 Å². The van der Waals surface area contributed by atoms with Crippen molar-refractivity contribution in [3.05, 3.63) is 0 Å². The summed E-state index contributed by atoms with van der Waals surface area (Å²) in [5.41, 5.74) is 0. The lowest BCUT2D eigenvalue weighted by Gasteiger charge is -2.21. The Balaban J connectivity index is 0. The van der Waals surface area contributed by atoms with Crippen molar-refractivity contribution in [3.8, 4) is 0 Å². The van der Waals surface area contributed by atoms with E-state index in [1.807, 2.05) is 0 Å². The molecule has 14 heavy (non-hydrogen) atoms. The molecule has 10 heteroatoms. The molecule has 0 aromatic carbocycles. The second kappa shape index (κ2) is 7.49. The molecule has 0 N–H and O–H groups in total. The van der Waals surface area contributed by atoms with Gasteiger partial charge in [-0.05, 0) is 9.05 Å². The fraction of sp³-hybridized carbons (Fsp3) is 1.00. The third-order valence-corrected chi connectivity index (χ3v) is 1.92. The van der Waals surface area contributed by atoms with Gasteiger partial charge in [0.25, 0.3) is 0 Å². The van der Waals surface area contributed by atoms with Gasteiger partial charge in [0, 0.05) is 24.0 Å². The summed E-state index contributed by atoms with van der Waals surface area (Å²) in [4.78, 5) is 0. The first-order valence-corrected chi connectivity index (χ1v) is 3.98. The van der Waals surface area contributed by atoms with Crippen LogP contribution in [0.4, 0.5) is 22.2 Å². The first-order chi connectivity index (χ1) is 6.22. The number of nitrogens with zero attached hydrogens (tertiary/aromatic N) is 1. The fourth-order valence-electron chi connectivity index (χ4n) is 0.328. The summed E-state index contributed by atoms with van der Waals surface area (Å²) in [5, 5.41) is 1.25. The van der Waals surface area contributed by atoms with E-state index in [4.69, 9.17) is 32.3 Å². The number of halogens is 7. The summed E-state index contributed by atoms with van der Waals surface area (Å²) in [7, 11) is 0. The molecule has 0 heterocycles. The number of alkyl halides is 5. The lowest BCUT2D eigenvalue weighted by Crippen LogP contribution is -2.34. The molecule has 0 saturated carbocycles. The molecule has 0 aromatic rings. The molecule has 0 aliphatic heterocycles. The first-order valence-electron chi connectivity index (χ1n) is 2.86. The average Bonchev–Trinajstić information content (AvgIpc) is 2.00. The standard InChI is InChI=1S/C4H4Cl2F3NS.F2O/c5-3(6,1-2-10-11)4(7,8)9;1-3-2/h1-2H2;. The van der Waals surface area contributed by atoms with Crippen LogP contribution in [0.5, 0.6) is 0 Å². The SMILES string of the molecule is FC(F)(F)C(Cl)(Cl)CCN=S.FOF. The van der Waals surface area contributed by atoms with Crippen LogP contribution in [0.3, 0.4) is 0 Å². The number of hydrogen-bond donors (Lipinski definition) is 0. The van der Waals surface area contributed by atoms with Crippen molar-refractivity contribution < 1.29 is 27.4 Å². The van der Waals surface area contributed by atoms with Crippen molar-refractivity contribution in [1.29, 1.82) is 0 Å². The first kappa shape index (κ1) is 16.6. The predicted molar refractivity (Wildman–Crippen MR) is 43.1 cm³/mol. The van der Waals surface area contributed by atoms with Gasteiger partial charge in [-0.2, -0.15) is 13.2 Å². The normalized spacial score (nSPS) is 11.6. The minimum absolute atomic E-state index is 0.179. The Morgan fingerprint density at radius 3 is 1.79 bits per heavy atom. The van der Waals surface area contributed by atoms with Crippen LogP contribution in [0.2, 0.25) is 0 Å². The Kier molecular flexibility index (Phi) is 8.90. The molecule has 0 fully saturated rings. The topological polar surface area (TPSA) is 21.6 Å². The van der Waals surface area contributed by atoms with Crippen LogP contribution in [-0.2, 0) is 17.6 Å². The van der Waals surface area contributed by atoms with Gasteiger partial charge in [0.05, 0.1) is 6.54 Å². The molecule has 0 aliphatic rings. The fourth-order valence-corrected chi connectivity index (χ4v) is 0.588. The van der Waals surface area contributed by atoms with Gasteiger partial charge in [-0.25, -0.2) is 4.36 Å². The van der Waals surface area contributed by atoms with Crippen LogP contribution < -0.4 is 0 Å². The summed E-state index contributed by atoms with van der Waals surface area (Å²) in [5.74, 6) is 0. The minimum atomic E-state index is -4.63. The molecule has 0 unspecified atom stereocenters. The van der Waals surface area contributed by atoms with Crippen LogP contribution in [0, 0.1) is 0 Å². The molecule has 0 aliphatic carbocycles. The highest BCUT2D eigenvalue weighted by Crippen LogP contribution is 2.42. The lowest BCUT2D eigenvalue weighted by molar-refractivity contribution is -0.317. The Hall–Kier alpha value is 0.210. The maximum atomic E-state index is 11.8. The highest BCUT2D eigenvalue weighted by atomic mass is 35.5. The lowest BCUT2D eigenvalue weighted by atomic mass is 10.3. The second-order valence-electron chi connectivity index (χ2n) is 1.86. The molecule has 0 aromatic heterocycles. The van der Waals surface area contributed by atoms with Crippen molar-refractivity contribution in [2.24, 2.45) is 4.36 Å². The molecule has 86 valence electrons. The Labute approximate surface area is 91.3 Å². The summed E-state index contributed by atoms with van der Waals surface area (Å²) < 4.78 is 54.0. The smallest absolute Gasteiger partial charge is 0.219 e. The predicted octanol–water partition coefficient (Wildman–Crippen LogP) is 3.62. The number of hydrogen-bond acceptors (Lipinski definition) is 3. The zero-order valence-electron chi connectivity index (χ0n) is 6.32. The largest absolute Gasteiger partial charge is 0.421 e. The Morgan fingerprint density at radius 2 is 1.57 bits per heavy atom. The molecule has 2 nitrogen and oxygen atoms in total. The van der Waals surface area contributed by atoms with E-state index in [-0.39, 0.29) is 6.54 Å². The van der Waals surface area contributed by atoms with Gasteiger partial charge >= 0.3 is 6.18 Å². The molecule has 0 bridgehead atoms. The van der Waals surface area contributed by atoms with E-state index >= 15 is 0 Å². The monoisotopic (exact) mass is 279 g/mol. The van der Waals surface area contributed by atoms with Crippen LogP contribution in [0.1, 0.15) is 6.42 Å². The van der Waals surface area contributed by atoms with Gasteiger partial charge in [-0.15, -0.1) is 0 Å². The van der Waals surface area contributed by atoms with Crippen molar-refractivity contribution in [1.82, 2.24) is 0 Å². The van der Waals surface area contributed by atoms with Crippen LogP contribution in [-0.4, -0.2) is 17.1 Å². The van der Waals surface area contributed by atoms with Gasteiger partial charge < -0.3 is 0 Å². The van der Waals surface area contributed by atoms with E-state index < -0.39 is 16.9 Å². The van der Waals surface area contributed by atoms with E-state index in [9.17, 15) is 13.2 Å². The van der Waals surface area contributed by atoms with Gasteiger partial charge in [-0.3, -0.25) is 0 Å². The van der Waals surface area contributed by atoms with E-state index in [0.717, 1.165) is 0 Å². The molecule has 0 atom stereocenters. The van der Waals surface area contributed by atoms with E-state index in [1.165, 1.54) is 5.15 Å². The molecular weight excluding hydrogens is 276 g/mol. The molecular formula is C4H4Cl2F5NOS. The molecule has 0 radical (unpaired) electrons. The van der Waals surface area contributed by atoms with Gasteiger partial charge in [-0.1, -0.05) is 23.2 Å². The van der Waals surface area contributed by atoms with Crippen LogP contribution in [0.25, 0.3) is 0 Å². The quantitative estimate of drug-likeness (QED) is 0.581. The van der Waals surface area contributed by atoms with Crippen molar-refractivity contribution in [2.45, 2.75) is 16.9 Å². The highest BCUT2D eigenvalue weighted by molar-refractivity contribution is 7.47. The highest BCUT2D eigenvalue weighted by Gasteiger charge is 2.51.